The lowest BCUT2D eigenvalue weighted by Gasteiger charge is -2.32. The highest BCUT2D eigenvalue weighted by molar-refractivity contribution is 5.95. The van der Waals surface area contributed by atoms with E-state index in [-0.39, 0.29) is 11.9 Å². The fourth-order valence-electron chi connectivity index (χ4n) is 7.55. The molecule has 0 aromatic heterocycles. The summed E-state index contributed by atoms with van der Waals surface area (Å²) in [5.74, 6) is 0.867. The van der Waals surface area contributed by atoms with Crippen molar-refractivity contribution in [1.82, 2.24) is 15.1 Å². The smallest absolute Gasteiger partial charge is 0.335 e. The molecule has 0 radical (unpaired) electrons. The average Bonchev–Trinajstić information content (AvgIpc) is 3.22. The molecule has 2 heterocycles. The first-order valence-electron chi connectivity index (χ1n) is 21.8. The normalized spacial score (nSPS) is 15.0. The quantitative estimate of drug-likeness (QED) is 0.102. The van der Waals surface area contributed by atoms with Crippen LogP contribution in [0.4, 0.5) is 0 Å². The van der Waals surface area contributed by atoms with Crippen molar-refractivity contribution in [3.63, 3.8) is 0 Å². The maximum Gasteiger partial charge on any atom is 0.335 e. The molecule has 2 fully saturated rings. The number of likely N-dealkylation sites (tertiary alicyclic amines) is 2. The Morgan fingerprint density at radius 3 is 1.42 bits per heavy atom. The summed E-state index contributed by atoms with van der Waals surface area (Å²) in [7, 11) is 0. The van der Waals surface area contributed by atoms with Gasteiger partial charge in [-0.05, 0) is 137 Å². The van der Waals surface area contributed by atoms with Crippen LogP contribution in [0.25, 0.3) is 0 Å². The summed E-state index contributed by atoms with van der Waals surface area (Å²) < 4.78 is 11.6. The second kappa shape index (κ2) is 25.0. The third-order valence-corrected chi connectivity index (χ3v) is 11.0. The highest BCUT2D eigenvalue weighted by atomic mass is 16.5. The fraction of sp³-hybridized carbons (Fsp3) is 0.480. The molecule has 0 saturated carbocycles. The van der Waals surface area contributed by atoms with Gasteiger partial charge in [0.15, 0.2) is 0 Å². The molecular weight excluding hydrogens is 737 g/mol. The number of carbonyl (C=O) groups is 2. The van der Waals surface area contributed by atoms with Crippen molar-refractivity contribution in [3.8, 4) is 11.5 Å². The van der Waals surface area contributed by atoms with Crippen LogP contribution in [0.2, 0.25) is 0 Å². The maximum atomic E-state index is 12.8. The molecule has 2 aliphatic heterocycles. The molecule has 6 rings (SSSR count). The van der Waals surface area contributed by atoms with Crippen molar-refractivity contribution in [3.05, 3.63) is 129 Å². The Balaban J connectivity index is 0.000000216. The number of nitrogens with one attached hydrogen (secondary N) is 1. The third-order valence-electron chi connectivity index (χ3n) is 11.0. The van der Waals surface area contributed by atoms with E-state index in [1.807, 2.05) is 39.8 Å². The predicted octanol–water partition coefficient (Wildman–Crippen LogP) is 9.67. The van der Waals surface area contributed by atoms with Gasteiger partial charge in [-0.15, -0.1) is 0 Å². The number of carboxylic acids is 1. The Kier molecular flexibility index (Phi) is 19.9. The van der Waals surface area contributed by atoms with E-state index >= 15 is 0 Å². The predicted molar refractivity (Wildman–Crippen MR) is 241 cm³/mol. The lowest BCUT2D eigenvalue weighted by molar-refractivity contribution is 0.0696. The molecular formula is C50H70N4O5. The van der Waals surface area contributed by atoms with Gasteiger partial charge in [0.05, 0.1) is 18.8 Å². The lowest BCUT2D eigenvalue weighted by Crippen LogP contribution is -2.44. The number of ether oxygens (including phenoxy) is 2. The molecule has 0 aliphatic carbocycles. The van der Waals surface area contributed by atoms with Crippen LogP contribution in [0.1, 0.15) is 119 Å². The molecule has 4 aromatic carbocycles. The van der Waals surface area contributed by atoms with Crippen LogP contribution in [0, 0.1) is 27.7 Å². The number of rotatable bonds is 15. The molecule has 0 atom stereocenters. The molecule has 0 unspecified atom stereocenters. The Labute approximate surface area is 354 Å². The van der Waals surface area contributed by atoms with Gasteiger partial charge in [-0.3, -0.25) is 14.6 Å². The van der Waals surface area contributed by atoms with E-state index in [0.29, 0.717) is 18.2 Å². The molecule has 4 aromatic rings. The molecule has 2 saturated heterocycles. The fourth-order valence-corrected chi connectivity index (χ4v) is 7.55. The first kappa shape index (κ1) is 47.0. The summed E-state index contributed by atoms with van der Waals surface area (Å²) in [5.41, 5.74) is 13.5. The van der Waals surface area contributed by atoms with E-state index in [0.717, 1.165) is 137 Å². The number of carboxylic acid groups (broad SMARTS) is 1. The Bertz CT molecular complexity index is 1810. The summed E-state index contributed by atoms with van der Waals surface area (Å²) in [6.45, 7) is 19.9. The Morgan fingerprint density at radius 2 is 1.03 bits per heavy atom. The average molecular weight is 807 g/mol. The van der Waals surface area contributed by atoms with Crippen LogP contribution in [0.5, 0.6) is 11.5 Å². The van der Waals surface area contributed by atoms with Gasteiger partial charge in [0.2, 0.25) is 0 Å². The van der Waals surface area contributed by atoms with E-state index in [2.05, 4.69) is 89.6 Å². The minimum Gasteiger partial charge on any atom is -0.493 e. The topological polar surface area (TPSA) is 117 Å². The number of aromatic carboxylic acids is 1. The number of aryl methyl sites for hydroxylation is 4. The van der Waals surface area contributed by atoms with Gasteiger partial charge in [-0.25, -0.2) is 4.79 Å². The summed E-state index contributed by atoms with van der Waals surface area (Å²) in [5, 5.41) is 12.1. The molecule has 1 amide bonds. The monoisotopic (exact) mass is 807 g/mol. The second-order valence-corrected chi connectivity index (χ2v) is 16.2. The van der Waals surface area contributed by atoms with Crippen LogP contribution in [0.15, 0.2) is 84.9 Å². The summed E-state index contributed by atoms with van der Waals surface area (Å²) in [4.78, 5) is 28.6. The highest BCUT2D eigenvalue weighted by Gasteiger charge is 2.22. The standard InChI is InChI=1S/C25H34N2O2.C13H18O3.C12H18N2/c1-4-5-15-29-24-19(2)16-22(17-20(24)3)25(28)26-23-11-13-27(14-12-23)18-21-9-7-6-8-10-21;1-4-5-6-16-12-9(2)7-11(13(14)15)8-10(12)3;13-12-6-8-14(9-7-12)10-11-4-2-1-3-5-11/h6-10,16-17,23H,4-5,11-15,18H2,1-3H3,(H,26,28);7-8H,4-6H2,1-3H3,(H,14,15);1-5,12H,6-10,13H2. The van der Waals surface area contributed by atoms with Crippen LogP contribution < -0.4 is 20.5 Å². The summed E-state index contributed by atoms with van der Waals surface area (Å²) in [6.07, 6.45) is 8.54. The molecule has 4 N–H and O–H groups in total. The minimum atomic E-state index is -0.897. The molecule has 0 spiro atoms. The number of piperidine rings is 2. The van der Waals surface area contributed by atoms with Crippen LogP contribution in [-0.2, 0) is 13.1 Å². The molecule has 9 heteroatoms. The van der Waals surface area contributed by atoms with E-state index in [4.69, 9.17) is 20.3 Å². The van der Waals surface area contributed by atoms with Crippen molar-refractivity contribution in [2.45, 2.75) is 118 Å². The van der Waals surface area contributed by atoms with Crippen LogP contribution in [-0.4, -0.2) is 78.3 Å². The molecule has 59 heavy (non-hydrogen) atoms. The van der Waals surface area contributed by atoms with E-state index < -0.39 is 5.97 Å². The van der Waals surface area contributed by atoms with E-state index in [9.17, 15) is 9.59 Å². The van der Waals surface area contributed by atoms with E-state index in [1.165, 1.54) is 11.1 Å². The minimum absolute atomic E-state index is 0.0258. The number of amides is 1. The van der Waals surface area contributed by atoms with Gasteiger partial charge in [-0.1, -0.05) is 87.4 Å². The largest absolute Gasteiger partial charge is 0.493 e. The van der Waals surface area contributed by atoms with Gasteiger partial charge in [0.1, 0.15) is 11.5 Å². The van der Waals surface area contributed by atoms with Crippen molar-refractivity contribution in [2.75, 3.05) is 39.4 Å². The number of benzene rings is 4. The van der Waals surface area contributed by atoms with Crippen LogP contribution in [0.3, 0.4) is 0 Å². The van der Waals surface area contributed by atoms with Crippen molar-refractivity contribution >= 4 is 11.9 Å². The van der Waals surface area contributed by atoms with Crippen LogP contribution >= 0.6 is 0 Å². The molecule has 320 valence electrons. The van der Waals surface area contributed by atoms with Gasteiger partial charge in [0, 0.05) is 43.8 Å². The van der Waals surface area contributed by atoms with Crippen molar-refractivity contribution in [1.29, 1.82) is 0 Å². The zero-order valence-electron chi connectivity index (χ0n) is 36.6. The zero-order valence-corrected chi connectivity index (χ0v) is 36.6. The summed E-state index contributed by atoms with van der Waals surface area (Å²) in [6, 6.07) is 29.1. The third kappa shape index (κ3) is 16.1. The highest BCUT2D eigenvalue weighted by Crippen LogP contribution is 2.27. The Hall–Kier alpha value is -4.70. The second-order valence-electron chi connectivity index (χ2n) is 16.2. The van der Waals surface area contributed by atoms with Gasteiger partial charge in [-0.2, -0.15) is 0 Å². The number of nitrogens with two attached hydrogens (primary N) is 1. The van der Waals surface area contributed by atoms with E-state index in [1.54, 1.807) is 12.1 Å². The maximum absolute atomic E-state index is 12.8. The van der Waals surface area contributed by atoms with Crippen molar-refractivity contribution < 1.29 is 24.2 Å². The molecule has 2 aliphatic rings. The van der Waals surface area contributed by atoms with Gasteiger partial charge < -0.3 is 25.6 Å². The molecule has 9 nitrogen and oxygen atoms in total. The lowest BCUT2D eigenvalue weighted by atomic mass is 10.0. The van der Waals surface area contributed by atoms with Crippen molar-refractivity contribution in [2.24, 2.45) is 5.73 Å². The first-order valence-corrected chi connectivity index (χ1v) is 21.8. The Morgan fingerprint density at radius 1 is 0.644 bits per heavy atom. The van der Waals surface area contributed by atoms with Gasteiger partial charge >= 0.3 is 5.97 Å². The number of hydrogen-bond acceptors (Lipinski definition) is 7. The molecule has 0 bridgehead atoms. The number of hydrogen-bond donors (Lipinski definition) is 3. The summed E-state index contributed by atoms with van der Waals surface area (Å²) >= 11 is 0. The first-order chi connectivity index (χ1) is 28.5. The number of unbranched alkanes of at least 4 members (excludes halogenated alkanes) is 2. The SMILES string of the molecule is CCCCOc1c(C)cc(C(=O)NC2CCN(Cc3ccccc3)CC2)cc1C.CCCCOc1c(C)cc(C(=O)O)cc1C.NC1CCN(Cc2ccccc2)CC1. The zero-order chi connectivity index (χ0) is 42.6. The number of nitrogens with zero attached hydrogens (tertiary/aromatic N) is 2. The van der Waals surface area contributed by atoms with Gasteiger partial charge in [0.25, 0.3) is 5.91 Å². The number of carbonyl (C=O) groups excluding carboxylic acids is 1.